The smallest absolute Gasteiger partial charge is 0.434 e. The number of carbonyl (C=O) groups is 1. The van der Waals surface area contributed by atoms with Crippen LogP contribution in [0.4, 0.5) is 18.9 Å². The van der Waals surface area contributed by atoms with E-state index in [1.807, 2.05) is 13.8 Å². The molecule has 4 rings (SSSR count). The Balaban J connectivity index is 1.66. The van der Waals surface area contributed by atoms with Gasteiger partial charge in [-0.1, -0.05) is 11.6 Å². The fraction of sp³-hybridized carbons (Fsp3) is 0.263. The quantitative estimate of drug-likeness (QED) is 0.660. The van der Waals surface area contributed by atoms with Crippen LogP contribution in [0.15, 0.2) is 36.5 Å². The zero-order valence-corrected chi connectivity index (χ0v) is 16.5. The monoisotopic (exact) mass is 437 g/mol. The van der Waals surface area contributed by atoms with E-state index < -0.39 is 23.3 Å². The number of carbonyl (C=O) groups excluding carboxylic acids is 1. The van der Waals surface area contributed by atoms with Crippen LogP contribution < -0.4 is 10.1 Å². The number of hydrogen-bond donors (Lipinski definition) is 1. The van der Waals surface area contributed by atoms with Crippen LogP contribution >= 0.6 is 11.6 Å². The molecule has 1 aliphatic heterocycles. The SMILES string of the molecule is CC1(C)Cc2cc(NC(=O)c3cnn(-c4ccc(Cl)nn4)c3C(F)(F)F)ccc2O1. The molecular weight excluding hydrogens is 423 g/mol. The molecule has 0 aliphatic carbocycles. The average molecular weight is 438 g/mol. The largest absolute Gasteiger partial charge is 0.487 e. The maximum atomic E-state index is 13.7. The first kappa shape index (κ1) is 20.1. The van der Waals surface area contributed by atoms with Crippen LogP contribution in [0.25, 0.3) is 5.82 Å². The van der Waals surface area contributed by atoms with E-state index in [1.54, 1.807) is 18.2 Å². The highest BCUT2D eigenvalue weighted by Crippen LogP contribution is 2.37. The van der Waals surface area contributed by atoms with E-state index in [0.29, 0.717) is 22.5 Å². The van der Waals surface area contributed by atoms with Gasteiger partial charge >= 0.3 is 6.18 Å². The van der Waals surface area contributed by atoms with Crippen molar-refractivity contribution >= 4 is 23.2 Å². The highest BCUT2D eigenvalue weighted by atomic mass is 35.5. The number of nitrogens with one attached hydrogen (secondary N) is 1. The second kappa shape index (κ2) is 6.98. The summed E-state index contributed by atoms with van der Waals surface area (Å²) in [5, 5.41) is 13.3. The van der Waals surface area contributed by atoms with E-state index >= 15 is 0 Å². The summed E-state index contributed by atoms with van der Waals surface area (Å²) in [5.74, 6) is -0.487. The summed E-state index contributed by atoms with van der Waals surface area (Å²) in [5.41, 5.74) is -1.07. The molecule has 3 heterocycles. The standard InChI is InChI=1S/C19H15ClF3N5O2/c1-18(2)8-10-7-11(3-4-13(10)30-18)25-17(29)12-9-24-28(16(12)19(21,22)23)15-6-5-14(20)26-27-15/h3-7,9H,8H2,1-2H3,(H,25,29). The molecule has 0 saturated carbocycles. The molecule has 2 aromatic heterocycles. The first-order chi connectivity index (χ1) is 14.0. The number of amides is 1. The molecule has 1 aliphatic rings. The number of fused-ring (bicyclic) bond motifs is 1. The highest BCUT2D eigenvalue weighted by molar-refractivity contribution is 6.29. The van der Waals surface area contributed by atoms with Crippen molar-refractivity contribution in [1.29, 1.82) is 0 Å². The third kappa shape index (κ3) is 3.82. The fourth-order valence-electron chi connectivity index (χ4n) is 3.27. The molecule has 7 nitrogen and oxygen atoms in total. The molecule has 1 N–H and O–H groups in total. The van der Waals surface area contributed by atoms with E-state index in [4.69, 9.17) is 16.3 Å². The summed E-state index contributed by atoms with van der Waals surface area (Å²) in [7, 11) is 0. The van der Waals surface area contributed by atoms with Gasteiger partial charge in [0.2, 0.25) is 0 Å². The Morgan fingerprint density at radius 2 is 2.00 bits per heavy atom. The van der Waals surface area contributed by atoms with Crippen molar-refractivity contribution in [3.05, 3.63) is 58.5 Å². The van der Waals surface area contributed by atoms with Crippen molar-refractivity contribution in [1.82, 2.24) is 20.0 Å². The van der Waals surface area contributed by atoms with Crippen LogP contribution in [0, 0.1) is 0 Å². The Bertz CT molecular complexity index is 1130. The van der Waals surface area contributed by atoms with Gasteiger partial charge in [-0.25, -0.2) is 4.68 Å². The van der Waals surface area contributed by atoms with Crippen LogP contribution in [-0.4, -0.2) is 31.5 Å². The number of nitrogens with zero attached hydrogens (tertiary/aromatic N) is 4. The summed E-state index contributed by atoms with van der Waals surface area (Å²) >= 11 is 5.63. The molecule has 0 atom stereocenters. The van der Waals surface area contributed by atoms with Gasteiger partial charge in [0.25, 0.3) is 5.91 Å². The van der Waals surface area contributed by atoms with Crippen molar-refractivity contribution in [3.8, 4) is 11.6 Å². The summed E-state index contributed by atoms with van der Waals surface area (Å²) in [6.45, 7) is 3.85. The minimum absolute atomic E-state index is 0.0150. The first-order valence-corrected chi connectivity index (χ1v) is 9.19. The van der Waals surface area contributed by atoms with Gasteiger partial charge in [-0.2, -0.15) is 18.3 Å². The van der Waals surface area contributed by atoms with Gasteiger partial charge < -0.3 is 10.1 Å². The predicted molar refractivity (Wildman–Crippen MR) is 102 cm³/mol. The van der Waals surface area contributed by atoms with Crippen molar-refractivity contribution in [3.63, 3.8) is 0 Å². The van der Waals surface area contributed by atoms with Crippen molar-refractivity contribution in [2.45, 2.75) is 32.0 Å². The topological polar surface area (TPSA) is 81.9 Å². The minimum atomic E-state index is -4.86. The van der Waals surface area contributed by atoms with Gasteiger partial charge in [-0.3, -0.25) is 4.79 Å². The molecule has 1 amide bonds. The highest BCUT2D eigenvalue weighted by Gasteiger charge is 2.41. The summed E-state index contributed by atoms with van der Waals surface area (Å²) < 4.78 is 47.5. The van der Waals surface area contributed by atoms with Crippen molar-refractivity contribution in [2.24, 2.45) is 0 Å². The van der Waals surface area contributed by atoms with Gasteiger partial charge in [0.05, 0.1) is 11.8 Å². The molecule has 0 bridgehead atoms. The Hall–Kier alpha value is -3.14. The third-order valence-corrected chi connectivity index (χ3v) is 4.64. The molecule has 0 spiro atoms. The number of halogens is 4. The summed E-state index contributed by atoms with van der Waals surface area (Å²) in [6.07, 6.45) is -3.40. The second-order valence-electron chi connectivity index (χ2n) is 7.35. The Kier molecular flexibility index (Phi) is 4.69. The number of hydrogen-bond acceptors (Lipinski definition) is 5. The summed E-state index contributed by atoms with van der Waals surface area (Å²) in [4.78, 5) is 12.7. The third-order valence-electron chi connectivity index (χ3n) is 4.44. The lowest BCUT2D eigenvalue weighted by Gasteiger charge is -2.16. The van der Waals surface area contributed by atoms with Gasteiger partial charge in [-0.15, -0.1) is 10.2 Å². The van der Waals surface area contributed by atoms with Crippen LogP contribution in [0.2, 0.25) is 5.15 Å². The molecular formula is C19H15ClF3N5O2. The number of aromatic nitrogens is 4. The molecule has 11 heteroatoms. The lowest BCUT2D eigenvalue weighted by atomic mass is 10.0. The fourth-order valence-corrected chi connectivity index (χ4v) is 3.37. The Morgan fingerprint density at radius 3 is 2.67 bits per heavy atom. The zero-order valence-electron chi connectivity index (χ0n) is 15.8. The maximum absolute atomic E-state index is 13.7. The zero-order chi connectivity index (χ0) is 21.7. The van der Waals surface area contributed by atoms with E-state index in [-0.39, 0.29) is 16.6 Å². The van der Waals surface area contributed by atoms with Gasteiger partial charge in [0.1, 0.15) is 11.4 Å². The molecule has 0 fully saturated rings. The normalized spacial score (nSPS) is 14.9. The molecule has 156 valence electrons. The minimum Gasteiger partial charge on any atom is -0.487 e. The van der Waals surface area contributed by atoms with Gasteiger partial charge in [-0.05, 0) is 44.2 Å². The number of benzene rings is 1. The van der Waals surface area contributed by atoms with E-state index in [1.165, 1.54) is 12.1 Å². The van der Waals surface area contributed by atoms with Crippen LogP contribution in [0.1, 0.15) is 35.5 Å². The van der Waals surface area contributed by atoms with E-state index in [2.05, 4.69) is 20.6 Å². The molecule has 0 unspecified atom stereocenters. The summed E-state index contributed by atoms with van der Waals surface area (Å²) in [6, 6.07) is 7.43. The lowest BCUT2D eigenvalue weighted by molar-refractivity contribution is -0.143. The molecule has 0 radical (unpaired) electrons. The number of rotatable bonds is 3. The Morgan fingerprint density at radius 1 is 1.23 bits per heavy atom. The van der Waals surface area contributed by atoms with Crippen molar-refractivity contribution in [2.75, 3.05) is 5.32 Å². The van der Waals surface area contributed by atoms with Crippen LogP contribution in [0.5, 0.6) is 5.75 Å². The van der Waals surface area contributed by atoms with Gasteiger partial charge in [0, 0.05) is 17.7 Å². The second-order valence-corrected chi connectivity index (χ2v) is 7.73. The number of alkyl halides is 3. The average Bonchev–Trinajstić information content (AvgIpc) is 3.21. The molecule has 3 aromatic rings. The van der Waals surface area contributed by atoms with E-state index in [0.717, 1.165) is 11.8 Å². The Labute approximate surface area is 173 Å². The van der Waals surface area contributed by atoms with Gasteiger partial charge in [0.15, 0.2) is 16.7 Å². The number of anilines is 1. The number of ether oxygens (including phenoxy) is 1. The van der Waals surface area contributed by atoms with Crippen molar-refractivity contribution < 1.29 is 22.7 Å². The first-order valence-electron chi connectivity index (χ1n) is 8.82. The maximum Gasteiger partial charge on any atom is 0.434 e. The van der Waals surface area contributed by atoms with Crippen LogP contribution in [0.3, 0.4) is 0 Å². The lowest BCUT2D eigenvalue weighted by Crippen LogP contribution is -2.24. The predicted octanol–water partition coefficient (Wildman–Crippen LogP) is 4.30. The molecule has 0 saturated heterocycles. The van der Waals surface area contributed by atoms with Crippen LogP contribution in [-0.2, 0) is 12.6 Å². The molecule has 1 aromatic carbocycles. The molecule has 30 heavy (non-hydrogen) atoms. The van der Waals surface area contributed by atoms with E-state index in [9.17, 15) is 18.0 Å².